The summed E-state index contributed by atoms with van der Waals surface area (Å²) in [5.74, 6) is 0. The lowest BCUT2D eigenvalue weighted by molar-refractivity contribution is 0.0384. The van der Waals surface area contributed by atoms with E-state index in [0.717, 1.165) is 55.0 Å². The predicted octanol–water partition coefficient (Wildman–Crippen LogP) is 2.18. The van der Waals surface area contributed by atoms with Gasteiger partial charge < -0.3 is 10.1 Å². The lowest BCUT2D eigenvalue weighted by atomic mass is 10.3. The summed E-state index contributed by atoms with van der Waals surface area (Å²) in [7, 11) is 1.89. The summed E-state index contributed by atoms with van der Waals surface area (Å²) in [6.45, 7) is 4.85. The molecule has 5 nitrogen and oxygen atoms in total. The first-order valence-corrected chi connectivity index (χ1v) is 8.43. The Morgan fingerprint density at radius 1 is 1.40 bits per heavy atom. The molecular formula is C13H18N4OS2. The lowest BCUT2D eigenvalue weighted by Crippen LogP contribution is -2.37. The van der Waals surface area contributed by atoms with Gasteiger partial charge in [-0.1, -0.05) is 0 Å². The highest BCUT2D eigenvalue weighted by atomic mass is 32.1. The van der Waals surface area contributed by atoms with E-state index < -0.39 is 0 Å². The largest absolute Gasteiger partial charge is 0.379 e. The van der Waals surface area contributed by atoms with E-state index in [1.807, 2.05) is 13.2 Å². The van der Waals surface area contributed by atoms with Crippen molar-refractivity contribution in [2.75, 3.05) is 45.2 Å². The SMILES string of the molecule is CNc1nc(-c2cnc(CCN3CCOCC3)s2)cs1. The predicted molar refractivity (Wildman–Crippen MR) is 83.7 cm³/mol. The molecule has 0 bridgehead atoms. The van der Waals surface area contributed by atoms with Gasteiger partial charge in [0.05, 0.1) is 28.8 Å². The minimum atomic E-state index is 0.856. The van der Waals surface area contributed by atoms with Gasteiger partial charge in [-0.25, -0.2) is 9.97 Å². The Balaban J connectivity index is 1.58. The fourth-order valence-electron chi connectivity index (χ4n) is 2.12. The van der Waals surface area contributed by atoms with Crippen LogP contribution in [0.4, 0.5) is 5.13 Å². The van der Waals surface area contributed by atoms with Crippen molar-refractivity contribution in [3.05, 3.63) is 16.6 Å². The molecule has 0 radical (unpaired) electrons. The number of nitrogens with zero attached hydrogens (tertiary/aromatic N) is 3. The van der Waals surface area contributed by atoms with Crippen LogP contribution in [0.1, 0.15) is 5.01 Å². The Labute approximate surface area is 126 Å². The molecule has 1 aliphatic rings. The third-order valence-electron chi connectivity index (χ3n) is 3.27. The zero-order valence-corrected chi connectivity index (χ0v) is 13.1. The Hall–Kier alpha value is -1.02. The van der Waals surface area contributed by atoms with E-state index in [4.69, 9.17) is 4.74 Å². The van der Waals surface area contributed by atoms with Crippen LogP contribution in [-0.2, 0) is 11.2 Å². The summed E-state index contributed by atoms with van der Waals surface area (Å²) in [4.78, 5) is 12.6. The number of rotatable bonds is 5. The molecule has 0 amide bonds. The van der Waals surface area contributed by atoms with Crippen LogP contribution in [0, 0.1) is 0 Å². The van der Waals surface area contributed by atoms with Crippen LogP contribution >= 0.6 is 22.7 Å². The molecule has 0 unspecified atom stereocenters. The molecule has 7 heteroatoms. The molecule has 1 fully saturated rings. The van der Waals surface area contributed by atoms with E-state index in [2.05, 4.69) is 25.6 Å². The van der Waals surface area contributed by atoms with Crippen molar-refractivity contribution in [3.8, 4) is 10.6 Å². The van der Waals surface area contributed by atoms with Crippen LogP contribution in [0.2, 0.25) is 0 Å². The maximum atomic E-state index is 5.36. The maximum Gasteiger partial charge on any atom is 0.182 e. The van der Waals surface area contributed by atoms with Gasteiger partial charge in [0.15, 0.2) is 5.13 Å². The number of nitrogens with one attached hydrogen (secondary N) is 1. The van der Waals surface area contributed by atoms with Gasteiger partial charge in [-0.15, -0.1) is 22.7 Å². The van der Waals surface area contributed by atoms with Crippen LogP contribution in [0.25, 0.3) is 10.6 Å². The minimum absolute atomic E-state index is 0.856. The second kappa shape index (κ2) is 6.62. The standard InChI is InChI=1S/C13H18N4OS2/c1-14-13-16-10(9-19-13)11-8-15-12(20-11)2-3-17-4-6-18-7-5-17/h8-9H,2-7H2,1H3,(H,14,16). The number of morpholine rings is 1. The molecule has 1 N–H and O–H groups in total. The van der Waals surface area contributed by atoms with Gasteiger partial charge in [0.1, 0.15) is 0 Å². The molecule has 20 heavy (non-hydrogen) atoms. The highest BCUT2D eigenvalue weighted by Crippen LogP contribution is 2.29. The molecule has 0 saturated carbocycles. The second-order valence-electron chi connectivity index (χ2n) is 4.61. The molecule has 1 saturated heterocycles. The van der Waals surface area contributed by atoms with Gasteiger partial charge in [-0.2, -0.15) is 0 Å². The fraction of sp³-hybridized carbons (Fsp3) is 0.538. The van der Waals surface area contributed by atoms with Gasteiger partial charge in [0, 0.05) is 44.7 Å². The summed E-state index contributed by atoms with van der Waals surface area (Å²) in [6.07, 6.45) is 2.95. The monoisotopic (exact) mass is 310 g/mol. The third kappa shape index (κ3) is 3.35. The van der Waals surface area contributed by atoms with Crippen LogP contribution < -0.4 is 5.32 Å². The normalized spacial score (nSPS) is 16.4. The smallest absolute Gasteiger partial charge is 0.182 e. The Bertz CT molecular complexity index is 548. The van der Waals surface area contributed by atoms with Crippen LogP contribution in [-0.4, -0.2) is 54.8 Å². The maximum absolute atomic E-state index is 5.36. The van der Waals surface area contributed by atoms with Gasteiger partial charge in [-0.05, 0) is 0 Å². The molecule has 2 aromatic heterocycles. The van der Waals surface area contributed by atoms with E-state index in [1.54, 1.807) is 22.7 Å². The minimum Gasteiger partial charge on any atom is -0.379 e. The molecule has 3 rings (SSSR count). The highest BCUT2D eigenvalue weighted by Gasteiger charge is 2.12. The highest BCUT2D eigenvalue weighted by molar-refractivity contribution is 7.16. The molecule has 1 aliphatic heterocycles. The molecule has 108 valence electrons. The quantitative estimate of drug-likeness (QED) is 0.917. The first-order valence-electron chi connectivity index (χ1n) is 6.73. The van der Waals surface area contributed by atoms with Crippen LogP contribution in [0.5, 0.6) is 0 Å². The summed E-state index contributed by atoms with van der Waals surface area (Å²) in [6, 6.07) is 0. The molecule has 0 aliphatic carbocycles. The summed E-state index contributed by atoms with van der Waals surface area (Å²) < 4.78 is 5.36. The average molecular weight is 310 g/mol. The lowest BCUT2D eigenvalue weighted by Gasteiger charge is -2.25. The summed E-state index contributed by atoms with van der Waals surface area (Å²) in [5, 5.41) is 7.27. The zero-order chi connectivity index (χ0) is 13.8. The Kier molecular flexibility index (Phi) is 4.62. The van der Waals surface area contributed by atoms with E-state index in [9.17, 15) is 0 Å². The first kappa shape index (κ1) is 13.9. The molecular weight excluding hydrogens is 292 g/mol. The number of hydrogen-bond acceptors (Lipinski definition) is 7. The third-order valence-corrected chi connectivity index (χ3v) is 5.21. The van der Waals surface area contributed by atoms with Gasteiger partial charge in [0.25, 0.3) is 0 Å². The topological polar surface area (TPSA) is 50.3 Å². The molecule has 0 spiro atoms. The number of thiazole rings is 2. The fourth-order valence-corrected chi connectivity index (χ4v) is 3.74. The van der Waals surface area contributed by atoms with E-state index >= 15 is 0 Å². The van der Waals surface area contributed by atoms with Crippen LogP contribution in [0.15, 0.2) is 11.6 Å². The van der Waals surface area contributed by atoms with E-state index in [1.165, 1.54) is 5.01 Å². The van der Waals surface area contributed by atoms with Gasteiger partial charge in [-0.3, -0.25) is 4.90 Å². The van der Waals surface area contributed by atoms with Crippen molar-refractivity contribution in [1.29, 1.82) is 0 Å². The second-order valence-corrected chi connectivity index (χ2v) is 6.58. The van der Waals surface area contributed by atoms with E-state index in [-0.39, 0.29) is 0 Å². The first-order chi connectivity index (χ1) is 9.85. The van der Waals surface area contributed by atoms with Gasteiger partial charge in [0.2, 0.25) is 0 Å². The number of hydrogen-bond donors (Lipinski definition) is 1. The number of aromatic nitrogens is 2. The van der Waals surface area contributed by atoms with Crippen molar-refractivity contribution in [2.45, 2.75) is 6.42 Å². The molecule has 2 aromatic rings. The Morgan fingerprint density at radius 2 is 2.25 bits per heavy atom. The van der Waals surface area contributed by atoms with Crippen molar-refractivity contribution in [1.82, 2.24) is 14.9 Å². The Morgan fingerprint density at radius 3 is 3.00 bits per heavy atom. The molecule has 0 atom stereocenters. The van der Waals surface area contributed by atoms with Crippen molar-refractivity contribution < 1.29 is 4.74 Å². The van der Waals surface area contributed by atoms with Crippen molar-refractivity contribution in [2.24, 2.45) is 0 Å². The summed E-state index contributed by atoms with van der Waals surface area (Å²) in [5.41, 5.74) is 1.02. The van der Waals surface area contributed by atoms with Gasteiger partial charge >= 0.3 is 0 Å². The molecule has 3 heterocycles. The van der Waals surface area contributed by atoms with Crippen molar-refractivity contribution in [3.63, 3.8) is 0 Å². The van der Waals surface area contributed by atoms with Crippen molar-refractivity contribution >= 4 is 27.8 Å². The van der Waals surface area contributed by atoms with Crippen LogP contribution in [0.3, 0.4) is 0 Å². The zero-order valence-electron chi connectivity index (χ0n) is 11.5. The number of ether oxygens (including phenoxy) is 1. The average Bonchev–Trinajstić information content (AvgIpc) is 3.15. The summed E-state index contributed by atoms with van der Waals surface area (Å²) >= 11 is 3.37. The number of anilines is 1. The molecule has 0 aromatic carbocycles. The van der Waals surface area contributed by atoms with E-state index in [0.29, 0.717) is 0 Å².